The van der Waals surface area contributed by atoms with E-state index >= 15 is 0 Å². The molecule has 5 heteroatoms. The van der Waals surface area contributed by atoms with Crippen LogP contribution in [-0.4, -0.2) is 24.4 Å². The summed E-state index contributed by atoms with van der Waals surface area (Å²) in [5, 5.41) is 2.02. The summed E-state index contributed by atoms with van der Waals surface area (Å²) in [6, 6.07) is 5.02. The minimum Gasteiger partial charge on any atom is -0.465 e. The number of hydrogen-bond donors (Lipinski definition) is 1. The lowest BCUT2D eigenvalue weighted by Gasteiger charge is -2.12. The van der Waals surface area contributed by atoms with Gasteiger partial charge in [-0.1, -0.05) is 6.07 Å². The van der Waals surface area contributed by atoms with Crippen LogP contribution in [0, 0.1) is 6.92 Å². The van der Waals surface area contributed by atoms with Crippen molar-refractivity contribution in [3.05, 3.63) is 29.3 Å². The van der Waals surface area contributed by atoms with E-state index in [0.29, 0.717) is 16.8 Å². The summed E-state index contributed by atoms with van der Waals surface area (Å²) in [6.07, 6.45) is 0. The maximum absolute atomic E-state index is 11.5. The maximum atomic E-state index is 11.5. The molecule has 1 aromatic carbocycles. The molecule has 92 valence electrons. The Morgan fingerprint density at radius 3 is 2.59 bits per heavy atom. The third-order valence-corrected chi connectivity index (χ3v) is 2.56. The Morgan fingerprint density at radius 2 is 2.06 bits per heavy atom. The Balaban J connectivity index is 3.02. The molecule has 0 aromatic heterocycles. The van der Waals surface area contributed by atoms with Crippen molar-refractivity contribution < 1.29 is 14.3 Å². The molecule has 1 rings (SSSR count). The molecule has 1 unspecified atom stereocenters. The molecule has 0 aliphatic rings. The molecule has 0 saturated heterocycles. The molecule has 0 fully saturated rings. The molecule has 4 nitrogen and oxygen atoms in total. The molecule has 0 heterocycles. The largest absolute Gasteiger partial charge is 0.465 e. The van der Waals surface area contributed by atoms with E-state index in [4.69, 9.17) is 11.6 Å². The zero-order chi connectivity index (χ0) is 13.0. The minimum absolute atomic E-state index is 0.309. The second-order valence-electron chi connectivity index (χ2n) is 3.57. The number of carbonyl (C=O) groups excluding carboxylic acids is 2. The molecular formula is C12H14ClNO3. The van der Waals surface area contributed by atoms with Crippen LogP contribution in [0.3, 0.4) is 0 Å². The number of hydrogen-bond acceptors (Lipinski definition) is 3. The van der Waals surface area contributed by atoms with Crippen molar-refractivity contribution in [3.8, 4) is 0 Å². The lowest BCUT2D eigenvalue weighted by molar-refractivity contribution is -0.115. The van der Waals surface area contributed by atoms with Crippen molar-refractivity contribution in [1.82, 2.24) is 0 Å². The highest BCUT2D eigenvalue weighted by molar-refractivity contribution is 6.32. The fourth-order valence-electron chi connectivity index (χ4n) is 1.33. The van der Waals surface area contributed by atoms with Crippen LogP contribution in [0.25, 0.3) is 0 Å². The van der Waals surface area contributed by atoms with Gasteiger partial charge in [0.2, 0.25) is 5.91 Å². The van der Waals surface area contributed by atoms with Crippen LogP contribution >= 0.6 is 11.6 Å². The average molecular weight is 256 g/mol. The van der Waals surface area contributed by atoms with Crippen molar-refractivity contribution in [3.63, 3.8) is 0 Å². The second kappa shape index (κ2) is 5.68. The summed E-state index contributed by atoms with van der Waals surface area (Å²) in [5.74, 6) is -0.741. The number of esters is 1. The fourth-order valence-corrected chi connectivity index (χ4v) is 1.39. The van der Waals surface area contributed by atoms with Gasteiger partial charge in [0.05, 0.1) is 12.7 Å². The Hall–Kier alpha value is -1.55. The highest BCUT2D eigenvalue weighted by Gasteiger charge is 2.15. The van der Waals surface area contributed by atoms with Crippen LogP contribution in [0.5, 0.6) is 0 Å². The molecule has 1 N–H and O–H groups in total. The van der Waals surface area contributed by atoms with Gasteiger partial charge >= 0.3 is 5.97 Å². The number of benzene rings is 1. The standard InChI is InChI=1S/C12H14ClNO3/c1-7-9(12(16)17-3)5-4-6-10(7)14-11(15)8(2)13/h4-6,8H,1-3H3,(H,14,15). The first kappa shape index (κ1) is 13.5. The zero-order valence-electron chi connectivity index (χ0n) is 9.91. The summed E-state index contributed by atoms with van der Waals surface area (Å²) in [4.78, 5) is 22.9. The van der Waals surface area contributed by atoms with E-state index < -0.39 is 11.3 Å². The molecule has 1 atom stereocenters. The van der Waals surface area contributed by atoms with Crippen LogP contribution in [0.15, 0.2) is 18.2 Å². The Labute approximate surface area is 105 Å². The van der Waals surface area contributed by atoms with Gasteiger partial charge in [-0.2, -0.15) is 0 Å². The van der Waals surface area contributed by atoms with E-state index in [1.165, 1.54) is 7.11 Å². The predicted octanol–water partition coefficient (Wildman–Crippen LogP) is 2.35. The predicted molar refractivity (Wildman–Crippen MR) is 66.5 cm³/mol. The van der Waals surface area contributed by atoms with Gasteiger partial charge < -0.3 is 10.1 Å². The van der Waals surface area contributed by atoms with Crippen LogP contribution in [0.1, 0.15) is 22.8 Å². The van der Waals surface area contributed by atoms with Gasteiger partial charge in [0, 0.05) is 5.69 Å². The number of methoxy groups -OCH3 is 1. The van der Waals surface area contributed by atoms with Crippen LogP contribution in [0.2, 0.25) is 0 Å². The highest BCUT2D eigenvalue weighted by atomic mass is 35.5. The van der Waals surface area contributed by atoms with E-state index in [1.54, 1.807) is 32.0 Å². The van der Waals surface area contributed by atoms with E-state index in [1.807, 2.05) is 0 Å². The van der Waals surface area contributed by atoms with Gasteiger partial charge in [-0.15, -0.1) is 11.6 Å². The first-order valence-electron chi connectivity index (χ1n) is 5.10. The number of carbonyl (C=O) groups is 2. The Morgan fingerprint density at radius 1 is 1.41 bits per heavy atom. The molecule has 1 amide bonds. The van der Waals surface area contributed by atoms with Gasteiger partial charge in [-0.25, -0.2) is 4.79 Å². The monoisotopic (exact) mass is 255 g/mol. The van der Waals surface area contributed by atoms with Crippen LogP contribution in [0.4, 0.5) is 5.69 Å². The number of nitrogens with one attached hydrogen (secondary N) is 1. The Bertz CT molecular complexity index is 443. The molecule has 1 aromatic rings. The smallest absolute Gasteiger partial charge is 0.338 e. The quantitative estimate of drug-likeness (QED) is 0.666. The molecule has 0 radical (unpaired) electrons. The number of halogens is 1. The van der Waals surface area contributed by atoms with Crippen LogP contribution in [-0.2, 0) is 9.53 Å². The summed E-state index contributed by atoms with van der Waals surface area (Å²) in [5.41, 5.74) is 1.64. The number of alkyl halides is 1. The van der Waals surface area contributed by atoms with E-state index in [0.717, 1.165) is 0 Å². The zero-order valence-corrected chi connectivity index (χ0v) is 10.7. The van der Waals surface area contributed by atoms with Crippen molar-refractivity contribution in [2.75, 3.05) is 12.4 Å². The third kappa shape index (κ3) is 3.20. The summed E-state index contributed by atoms with van der Waals surface area (Å²) >= 11 is 5.66. The molecular weight excluding hydrogens is 242 g/mol. The topological polar surface area (TPSA) is 55.4 Å². The molecule has 17 heavy (non-hydrogen) atoms. The van der Waals surface area contributed by atoms with Gasteiger partial charge in [-0.05, 0) is 31.5 Å². The van der Waals surface area contributed by atoms with E-state index in [-0.39, 0.29) is 5.91 Å². The van der Waals surface area contributed by atoms with Crippen LogP contribution < -0.4 is 5.32 Å². The average Bonchev–Trinajstić information content (AvgIpc) is 2.30. The normalized spacial score (nSPS) is 11.8. The van der Waals surface area contributed by atoms with Gasteiger partial charge in [-0.3, -0.25) is 4.79 Å². The maximum Gasteiger partial charge on any atom is 0.338 e. The summed E-state index contributed by atoms with van der Waals surface area (Å²) < 4.78 is 4.65. The lowest BCUT2D eigenvalue weighted by atomic mass is 10.1. The highest BCUT2D eigenvalue weighted by Crippen LogP contribution is 2.20. The number of rotatable bonds is 3. The van der Waals surface area contributed by atoms with Gasteiger partial charge in [0.15, 0.2) is 0 Å². The van der Waals surface area contributed by atoms with Crippen molar-refractivity contribution in [1.29, 1.82) is 0 Å². The number of anilines is 1. The molecule has 0 aliphatic carbocycles. The summed E-state index contributed by atoms with van der Waals surface area (Å²) in [6.45, 7) is 3.32. The lowest BCUT2D eigenvalue weighted by Crippen LogP contribution is -2.21. The third-order valence-electron chi connectivity index (χ3n) is 2.36. The van der Waals surface area contributed by atoms with Gasteiger partial charge in [0.1, 0.15) is 5.38 Å². The minimum atomic E-state index is -0.629. The molecule has 0 saturated carbocycles. The fraction of sp³-hybridized carbons (Fsp3) is 0.333. The number of ether oxygens (including phenoxy) is 1. The SMILES string of the molecule is COC(=O)c1cccc(NC(=O)C(C)Cl)c1C. The molecule has 0 spiro atoms. The Kier molecular flexibility index (Phi) is 4.52. The van der Waals surface area contributed by atoms with Gasteiger partial charge in [0.25, 0.3) is 0 Å². The van der Waals surface area contributed by atoms with Crippen molar-refractivity contribution >= 4 is 29.2 Å². The summed E-state index contributed by atoms with van der Waals surface area (Å²) in [7, 11) is 1.31. The van der Waals surface area contributed by atoms with Crippen molar-refractivity contribution in [2.24, 2.45) is 0 Å². The van der Waals surface area contributed by atoms with E-state index in [2.05, 4.69) is 10.1 Å². The molecule has 0 bridgehead atoms. The van der Waals surface area contributed by atoms with E-state index in [9.17, 15) is 9.59 Å². The van der Waals surface area contributed by atoms with Crippen molar-refractivity contribution in [2.45, 2.75) is 19.2 Å². The first-order chi connectivity index (χ1) is 7.97. The second-order valence-corrected chi connectivity index (χ2v) is 4.23. The first-order valence-corrected chi connectivity index (χ1v) is 5.54. The number of amides is 1. The molecule has 0 aliphatic heterocycles.